The number of ether oxygens (including phenoxy) is 3. The molecule has 1 aliphatic heterocycles. The first-order chi connectivity index (χ1) is 11.5. The van der Waals surface area contributed by atoms with E-state index in [9.17, 15) is 19.7 Å². The number of carbonyl (C=O) groups excluding carboxylic acids is 2. The Kier molecular flexibility index (Phi) is 5.22. The highest BCUT2D eigenvalue weighted by Crippen LogP contribution is 2.38. The Labute approximate surface area is 138 Å². The topological polar surface area (TPSA) is 108 Å². The summed E-state index contributed by atoms with van der Waals surface area (Å²) in [6.45, 7) is 0.302. The third kappa shape index (κ3) is 2.97. The molecular weight excluding hydrogens is 320 g/mol. The van der Waals surface area contributed by atoms with Crippen molar-refractivity contribution in [3.63, 3.8) is 0 Å². The van der Waals surface area contributed by atoms with Crippen molar-refractivity contribution in [2.75, 3.05) is 27.9 Å². The predicted molar refractivity (Wildman–Crippen MR) is 82.3 cm³/mol. The first kappa shape index (κ1) is 17.5. The number of amides is 1. The Morgan fingerprint density at radius 2 is 1.83 bits per heavy atom. The van der Waals surface area contributed by atoms with Gasteiger partial charge in [0.15, 0.2) is 11.3 Å². The van der Waals surface area contributed by atoms with E-state index in [0.29, 0.717) is 19.4 Å². The number of methoxy groups -OCH3 is 3. The second-order valence-corrected chi connectivity index (χ2v) is 5.13. The highest BCUT2D eigenvalue weighted by molar-refractivity contribution is 6.03. The number of rotatable bonds is 5. The Morgan fingerprint density at radius 3 is 2.38 bits per heavy atom. The van der Waals surface area contributed by atoms with Crippen LogP contribution in [0, 0.1) is 10.1 Å². The molecule has 0 radical (unpaired) electrons. The van der Waals surface area contributed by atoms with Gasteiger partial charge in [0.25, 0.3) is 5.91 Å². The number of nitro groups is 1. The van der Waals surface area contributed by atoms with Crippen LogP contribution in [-0.2, 0) is 9.53 Å². The van der Waals surface area contributed by atoms with Gasteiger partial charge in [0.05, 0.1) is 26.3 Å². The number of esters is 1. The van der Waals surface area contributed by atoms with E-state index in [1.165, 1.54) is 38.4 Å². The summed E-state index contributed by atoms with van der Waals surface area (Å²) in [5, 5.41) is 11.5. The molecule has 0 spiro atoms. The van der Waals surface area contributed by atoms with Gasteiger partial charge in [0.1, 0.15) is 11.8 Å². The summed E-state index contributed by atoms with van der Waals surface area (Å²) in [7, 11) is 3.82. The molecule has 9 heteroatoms. The van der Waals surface area contributed by atoms with Crippen molar-refractivity contribution in [1.82, 2.24) is 4.90 Å². The lowest BCUT2D eigenvalue weighted by Crippen LogP contribution is -2.41. The number of likely N-dealkylation sites (tertiary alicyclic amines) is 1. The highest BCUT2D eigenvalue weighted by Gasteiger charge is 2.40. The molecule has 0 aromatic heterocycles. The molecule has 24 heavy (non-hydrogen) atoms. The minimum Gasteiger partial charge on any atom is -0.496 e. The maximum Gasteiger partial charge on any atom is 0.328 e. The zero-order valence-corrected chi connectivity index (χ0v) is 13.6. The smallest absolute Gasteiger partial charge is 0.328 e. The molecule has 9 nitrogen and oxygen atoms in total. The van der Waals surface area contributed by atoms with Gasteiger partial charge in [0.2, 0.25) is 0 Å². The molecule has 0 aliphatic carbocycles. The lowest BCUT2D eigenvalue weighted by molar-refractivity contribution is -0.386. The van der Waals surface area contributed by atoms with E-state index in [4.69, 9.17) is 14.2 Å². The van der Waals surface area contributed by atoms with E-state index in [-0.39, 0.29) is 17.1 Å². The molecule has 1 fully saturated rings. The van der Waals surface area contributed by atoms with Crippen LogP contribution >= 0.6 is 0 Å². The predicted octanol–water partition coefficient (Wildman–Crippen LogP) is 1.39. The standard InChI is InChI=1S/C15H18N2O7/c1-22-10-6-7-11(23-2)13(17(20)21)12(10)14(18)16-8-4-5-9(16)15(19)24-3/h6-7,9H,4-5,8H2,1-3H3/t9-/m0/s1. The van der Waals surface area contributed by atoms with Crippen LogP contribution < -0.4 is 9.47 Å². The normalized spacial score (nSPS) is 16.6. The van der Waals surface area contributed by atoms with Crippen LogP contribution in [0.25, 0.3) is 0 Å². The van der Waals surface area contributed by atoms with Crippen molar-refractivity contribution >= 4 is 17.6 Å². The number of hydrogen-bond acceptors (Lipinski definition) is 7. The van der Waals surface area contributed by atoms with E-state index < -0.39 is 28.5 Å². The molecular formula is C15H18N2O7. The largest absolute Gasteiger partial charge is 0.496 e. The van der Waals surface area contributed by atoms with E-state index in [2.05, 4.69) is 0 Å². The lowest BCUT2D eigenvalue weighted by Gasteiger charge is -2.23. The minimum absolute atomic E-state index is 0.0445. The average Bonchev–Trinajstić information content (AvgIpc) is 3.08. The summed E-state index contributed by atoms with van der Waals surface area (Å²) in [4.78, 5) is 36.8. The number of carbonyl (C=O) groups is 2. The SMILES string of the molecule is COC(=O)[C@@H]1CCCN1C(=O)c1c(OC)ccc(OC)c1[N+](=O)[O-]. The fraction of sp³-hybridized carbons (Fsp3) is 0.467. The maximum atomic E-state index is 12.9. The molecule has 2 rings (SSSR count). The summed E-state index contributed by atoms with van der Waals surface area (Å²) >= 11 is 0. The fourth-order valence-electron chi connectivity index (χ4n) is 2.81. The molecule has 0 unspecified atom stereocenters. The van der Waals surface area contributed by atoms with Crippen LogP contribution in [0.2, 0.25) is 0 Å². The van der Waals surface area contributed by atoms with Crippen LogP contribution in [0.5, 0.6) is 11.5 Å². The van der Waals surface area contributed by atoms with Crippen molar-refractivity contribution in [2.45, 2.75) is 18.9 Å². The minimum atomic E-state index is -0.766. The third-order valence-corrected chi connectivity index (χ3v) is 3.93. The van der Waals surface area contributed by atoms with Crippen molar-refractivity contribution in [3.05, 3.63) is 27.8 Å². The molecule has 1 aromatic carbocycles. The summed E-state index contributed by atoms with van der Waals surface area (Å²) < 4.78 is 14.8. The van der Waals surface area contributed by atoms with Crippen molar-refractivity contribution in [2.24, 2.45) is 0 Å². The molecule has 1 atom stereocenters. The van der Waals surface area contributed by atoms with Gasteiger partial charge in [-0.3, -0.25) is 14.9 Å². The Morgan fingerprint density at radius 1 is 1.21 bits per heavy atom. The summed E-state index contributed by atoms with van der Waals surface area (Å²) in [5.41, 5.74) is -0.727. The second kappa shape index (κ2) is 7.16. The number of nitro benzene ring substituents is 1. The zero-order valence-electron chi connectivity index (χ0n) is 13.6. The van der Waals surface area contributed by atoms with E-state index >= 15 is 0 Å². The van der Waals surface area contributed by atoms with Crippen LogP contribution in [0.3, 0.4) is 0 Å². The number of benzene rings is 1. The third-order valence-electron chi connectivity index (χ3n) is 3.93. The summed E-state index contributed by atoms with van der Waals surface area (Å²) in [6, 6.07) is 2.01. The molecule has 1 heterocycles. The van der Waals surface area contributed by atoms with Crippen molar-refractivity contribution in [1.29, 1.82) is 0 Å². The zero-order chi connectivity index (χ0) is 17.9. The maximum absolute atomic E-state index is 12.9. The average molecular weight is 338 g/mol. The van der Waals surface area contributed by atoms with Crippen LogP contribution in [0.15, 0.2) is 12.1 Å². The molecule has 0 saturated carbocycles. The summed E-state index contributed by atoms with van der Waals surface area (Å²) in [6.07, 6.45) is 1.05. The fourth-order valence-corrected chi connectivity index (χ4v) is 2.81. The number of nitrogens with zero attached hydrogens (tertiary/aromatic N) is 2. The van der Waals surface area contributed by atoms with Crippen LogP contribution in [0.1, 0.15) is 23.2 Å². The van der Waals surface area contributed by atoms with E-state index in [1.54, 1.807) is 0 Å². The van der Waals surface area contributed by atoms with Crippen molar-refractivity contribution < 1.29 is 28.7 Å². The first-order valence-corrected chi connectivity index (χ1v) is 7.24. The molecule has 1 saturated heterocycles. The Balaban J connectivity index is 2.55. The molecule has 0 bridgehead atoms. The molecule has 1 aliphatic rings. The van der Waals surface area contributed by atoms with Gasteiger partial charge in [-0.25, -0.2) is 4.79 Å². The monoisotopic (exact) mass is 338 g/mol. The lowest BCUT2D eigenvalue weighted by atomic mass is 10.1. The van der Waals surface area contributed by atoms with Gasteiger partial charge in [-0.1, -0.05) is 0 Å². The van der Waals surface area contributed by atoms with Crippen molar-refractivity contribution in [3.8, 4) is 11.5 Å². The van der Waals surface area contributed by atoms with E-state index in [0.717, 1.165) is 0 Å². The van der Waals surface area contributed by atoms with Crippen LogP contribution in [-0.4, -0.2) is 55.6 Å². The molecule has 0 N–H and O–H groups in total. The van der Waals surface area contributed by atoms with E-state index in [1.807, 2.05) is 0 Å². The first-order valence-electron chi connectivity index (χ1n) is 7.24. The van der Waals surface area contributed by atoms with Gasteiger partial charge in [-0.2, -0.15) is 0 Å². The van der Waals surface area contributed by atoms with Crippen LogP contribution in [0.4, 0.5) is 5.69 Å². The summed E-state index contributed by atoms with van der Waals surface area (Å²) in [5.74, 6) is -1.23. The quantitative estimate of drug-likeness (QED) is 0.453. The Hall–Kier alpha value is -2.84. The Bertz CT molecular complexity index is 674. The van der Waals surface area contributed by atoms with Gasteiger partial charge in [-0.05, 0) is 25.0 Å². The van der Waals surface area contributed by atoms with Gasteiger partial charge in [-0.15, -0.1) is 0 Å². The molecule has 130 valence electrons. The van der Waals surface area contributed by atoms with Gasteiger partial charge < -0.3 is 19.1 Å². The molecule has 1 aromatic rings. The second-order valence-electron chi connectivity index (χ2n) is 5.13. The number of hydrogen-bond donors (Lipinski definition) is 0. The van der Waals surface area contributed by atoms with Gasteiger partial charge >= 0.3 is 11.7 Å². The molecule has 1 amide bonds. The van der Waals surface area contributed by atoms with Gasteiger partial charge in [0, 0.05) is 6.54 Å². The highest BCUT2D eigenvalue weighted by atomic mass is 16.6.